The van der Waals surface area contributed by atoms with Crippen LogP contribution in [-0.4, -0.2) is 29.9 Å². The molecule has 4 heteroatoms. The third-order valence-corrected chi connectivity index (χ3v) is 5.26. The van der Waals surface area contributed by atoms with E-state index in [2.05, 4.69) is 33.1 Å². The summed E-state index contributed by atoms with van der Waals surface area (Å²) in [6.07, 6.45) is 11.0. The van der Waals surface area contributed by atoms with Crippen molar-refractivity contribution in [3.63, 3.8) is 0 Å². The van der Waals surface area contributed by atoms with E-state index in [0.29, 0.717) is 12.6 Å². The van der Waals surface area contributed by atoms with E-state index >= 15 is 0 Å². The molecule has 1 N–H and O–H groups in total. The fourth-order valence-corrected chi connectivity index (χ4v) is 3.77. The standard InChI is InChI=1S/C18H26N2OS/c21-18(19-10-8-15-4-2-1-3-5-15)13-20(17-6-7-17)12-16-9-11-22-14-16/h4,9,11,14,17H,1-3,5-8,10,12-13H2,(H,19,21). The molecule has 0 aromatic carbocycles. The van der Waals surface area contributed by atoms with E-state index in [1.165, 1.54) is 49.7 Å². The van der Waals surface area contributed by atoms with Crippen LogP contribution in [0.2, 0.25) is 0 Å². The summed E-state index contributed by atoms with van der Waals surface area (Å²) in [6, 6.07) is 2.78. The third-order valence-electron chi connectivity index (χ3n) is 4.53. The summed E-state index contributed by atoms with van der Waals surface area (Å²) in [5, 5.41) is 7.40. The van der Waals surface area contributed by atoms with E-state index in [-0.39, 0.29) is 5.91 Å². The zero-order chi connectivity index (χ0) is 15.2. The molecule has 3 nitrogen and oxygen atoms in total. The van der Waals surface area contributed by atoms with Crippen molar-refractivity contribution >= 4 is 17.2 Å². The second kappa shape index (κ2) is 7.93. The van der Waals surface area contributed by atoms with Crippen molar-refractivity contribution in [2.24, 2.45) is 0 Å². The van der Waals surface area contributed by atoms with Crippen molar-refractivity contribution in [3.8, 4) is 0 Å². The van der Waals surface area contributed by atoms with Crippen LogP contribution in [0.5, 0.6) is 0 Å². The number of thiophene rings is 1. The van der Waals surface area contributed by atoms with Crippen molar-refractivity contribution in [2.45, 2.75) is 57.5 Å². The molecular formula is C18H26N2OS. The lowest BCUT2D eigenvalue weighted by atomic mass is 9.97. The van der Waals surface area contributed by atoms with Crippen molar-refractivity contribution in [2.75, 3.05) is 13.1 Å². The van der Waals surface area contributed by atoms with Crippen LogP contribution in [0.25, 0.3) is 0 Å². The van der Waals surface area contributed by atoms with Gasteiger partial charge in [0, 0.05) is 19.1 Å². The van der Waals surface area contributed by atoms with Crippen LogP contribution in [0.1, 0.15) is 50.5 Å². The molecule has 2 aliphatic rings. The molecule has 0 unspecified atom stereocenters. The van der Waals surface area contributed by atoms with E-state index < -0.39 is 0 Å². The molecule has 1 aromatic heterocycles. The summed E-state index contributed by atoms with van der Waals surface area (Å²) in [6.45, 7) is 2.24. The van der Waals surface area contributed by atoms with Gasteiger partial charge in [0.2, 0.25) is 5.91 Å². The Labute approximate surface area is 137 Å². The lowest BCUT2D eigenvalue weighted by Crippen LogP contribution is -2.38. The highest BCUT2D eigenvalue weighted by atomic mass is 32.1. The Morgan fingerprint density at radius 3 is 2.95 bits per heavy atom. The number of nitrogens with zero attached hydrogens (tertiary/aromatic N) is 1. The van der Waals surface area contributed by atoms with Gasteiger partial charge in [0.25, 0.3) is 0 Å². The number of carbonyl (C=O) groups is 1. The van der Waals surface area contributed by atoms with Crippen LogP contribution in [0.15, 0.2) is 28.5 Å². The van der Waals surface area contributed by atoms with E-state index in [1.807, 2.05) is 0 Å². The van der Waals surface area contributed by atoms with Crippen molar-refractivity contribution in [3.05, 3.63) is 34.0 Å². The van der Waals surface area contributed by atoms with E-state index in [4.69, 9.17) is 0 Å². The van der Waals surface area contributed by atoms with E-state index in [0.717, 1.165) is 19.5 Å². The predicted molar refractivity (Wildman–Crippen MR) is 91.9 cm³/mol. The van der Waals surface area contributed by atoms with Crippen LogP contribution >= 0.6 is 11.3 Å². The molecule has 0 radical (unpaired) electrons. The maximum absolute atomic E-state index is 12.2. The van der Waals surface area contributed by atoms with Crippen LogP contribution in [0.4, 0.5) is 0 Å². The van der Waals surface area contributed by atoms with Gasteiger partial charge in [-0.1, -0.05) is 11.6 Å². The number of hydrogen-bond acceptors (Lipinski definition) is 3. The molecule has 1 fully saturated rings. The molecule has 1 aromatic rings. The highest BCUT2D eigenvalue weighted by molar-refractivity contribution is 7.07. The Morgan fingerprint density at radius 1 is 1.36 bits per heavy atom. The predicted octanol–water partition coefficient (Wildman–Crippen LogP) is 3.72. The van der Waals surface area contributed by atoms with E-state index in [9.17, 15) is 4.79 Å². The van der Waals surface area contributed by atoms with Crippen LogP contribution in [-0.2, 0) is 11.3 Å². The summed E-state index contributed by atoms with van der Waals surface area (Å²) < 4.78 is 0. The zero-order valence-corrected chi connectivity index (χ0v) is 14.0. The van der Waals surface area contributed by atoms with Crippen molar-refractivity contribution in [1.82, 2.24) is 10.2 Å². The van der Waals surface area contributed by atoms with Gasteiger partial charge in [-0.15, -0.1) is 0 Å². The number of carbonyl (C=O) groups excluding carboxylic acids is 1. The highest BCUT2D eigenvalue weighted by Crippen LogP contribution is 2.28. The largest absolute Gasteiger partial charge is 0.355 e. The molecule has 1 amide bonds. The SMILES string of the molecule is O=C(CN(Cc1ccsc1)C1CC1)NCCC1=CCCCC1. The molecule has 0 aliphatic heterocycles. The molecule has 1 heterocycles. The Morgan fingerprint density at radius 2 is 2.27 bits per heavy atom. The van der Waals surface area contributed by atoms with Gasteiger partial charge in [-0.05, 0) is 67.3 Å². The molecule has 0 saturated heterocycles. The van der Waals surface area contributed by atoms with E-state index in [1.54, 1.807) is 11.3 Å². The maximum Gasteiger partial charge on any atom is 0.234 e. The first-order valence-electron chi connectivity index (χ1n) is 8.51. The van der Waals surface area contributed by atoms with Gasteiger partial charge in [-0.25, -0.2) is 0 Å². The third kappa shape index (κ3) is 4.96. The highest BCUT2D eigenvalue weighted by Gasteiger charge is 2.30. The first-order valence-corrected chi connectivity index (χ1v) is 9.45. The van der Waals surface area contributed by atoms with Crippen molar-refractivity contribution in [1.29, 1.82) is 0 Å². The number of allylic oxidation sites excluding steroid dienone is 1. The first kappa shape index (κ1) is 15.8. The Bertz CT molecular complexity index is 505. The Kier molecular flexibility index (Phi) is 5.68. The summed E-state index contributed by atoms with van der Waals surface area (Å²) in [7, 11) is 0. The number of nitrogens with one attached hydrogen (secondary N) is 1. The van der Waals surface area contributed by atoms with Gasteiger partial charge in [-0.2, -0.15) is 11.3 Å². The summed E-state index contributed by atoms with van der Waals surface area (Å²) in [5.74, 6) is 0.179. The monoisotopic (exact) mass is 318 g/mol. The summed E-state index contributed by atoms with van der Waals surface area (Å²) in [4.78, 5) is 14.5. The van der Waals surface area contributed by atoms with Gasteiger partial charge in [0.15, 0.2) is 0 Å². The molecule has 1 saturated carbocycles. The lowest BCUT2D eigenvalue weighted by Gasteiger charge is -2.21. The molecule has 0 spiro atoms. The molecule has 22 heavy (non-hydrogen) atoms. The quantitative estimate of drug-likeness (QED) is 0.741. The molecule has 0 bridgehead atoms. The molecular weight excluding hydrogens is 292 g/mol. The summed E-state index contributed by atoms with van der Waals surface area (Å²) >= 11 is 1.73. The first-order chi connectivity index (χ1) is 10.8. The average molecular weight is 318 g/mol. The second-order valence-corrected chi connectivity index (χ2v) is 7.26. The van der Waals surface area contributed by atoms with Gasteiger partial charge in [0.05, 0.1) is 6.54 Å². The van der Waals surface area contributed by atoms with Gasteiger partial charge in [0.1, 0.15) is 0 Å². The Hall–Kier alpha value is -1.13. The molecule has 2 aliphatic carbocycles. The number of hydrogen-bond donors (Lipinski definition) is 1. The minimum Gasteiger partial charge on any atom is -0.355 e. The number of amides is 1. The topological polar surface area (TPSA) is 32.3 Å². The van der Waals surface area contributed by atoms with Crippen LogP contribution in [0, 0.1) is 0 Å². The van der Waals surface area contributed by atoms with Crippen LogP contribution in [0.3, 0.4) is 0 Å². The fraction of sp³-hybridized carbons (Fsp3) is 0.611. The minimum atomic E-state index is 0.179. The fourth-order valence-electron chi connectivity index (χ4n) is 3.11. The molecule has 3 rings (SSSR count). The summed E-state index contributed by atoms with van der Waals surface area (Å²) in [5.41, 5.74) is 2.86. The lowest BCUT2D eigenvalue weighted by molar-refractivity contribution is -0.122. The normalized spacial score (nSPS) is 18.3. The van der Waals surface area contributed by atoms with Crippen LogP contribution < -0.4 is 5.32 Å². The number of rotatable bonds is 8. The van der Waals surface area contributed by atoms with Gasteiger partial charge >= 0.3 is 0 Å². The maximum atomic E-state index is 12.2. The Balaban J connectivity index is 1.40. The minimum absolute atomic E-state index is 0.179. The van der Waals surface area contributed by atoms with Gasteiger partial charge in [-0.3, -0.25) is 9.69 Å². The second-order valence-electron chi connectivity index (χ2n) is 6.48. The average Bonchev–Trinajstić information content (AvgIpc) is 3.26. The smallest absolute Gasteiger partial charge is 0.234 e. The molecule has 0 atom stereocenters. The van der Waals surface area contributed by atoms with Gasteiger partial charge < -0.3 is 5.32 Å². The van der Waals surface area contributed by atoms with Crippen molar-refractivity contribution < 1.29 is 4.79 Å². The molecule has 120 valence electrons. The zero-order valence-electron chi connectivity index (χ0n) is 13.2.